The maximum atomic E-state index is 12.2. The topological polar surface area (TPSA) is 35.6 Å². The summed E-state index contributed by atoms with van der Waals surface area (Å²) in [6.07, 6.45) is 1.18. The third-order valence-corrected chi connectivity index (χ3v) is 3.84. The second-order valence-electron chi connectivity index (χ2n) is 5.41. The molecule has 4 heteroatoms. The number of nitrogens with zero attached hydrogens (tertiary/aromatic N) is 2. The molecule has 1 N–H and O–H groups in total. The van der Waals surface area contributed by atoms with Gasteiger partial charge in [-0.1, -0.05) is 37.3 Å². The zero-order chi connectivity index (χ0) is 14.4. The molecule has 1 aromatic carbocycles. The molecular weight excluding hydrogens is 250 g/mol. The van der Waals surface area contributed by atoms with E-state index in [-0.39, 0.29) is 12.1 Å². The van der Waals surface area contributed by atoms with Gasteiger partial charge in [0.25, 0.3) is 0 Å². The summed E-state index contributed by atoms with van der Waals surface area (Å²) in [5.41, 5.74) is 1.14. The number of piperazine rings is 1. The summed E-state index contributed by atoms with van der Waals surface area (Å²) in [4.78, 5) is 16.6. The maximum Gasteiger partial charge on any atom is 0.317 e. The van der Waals surface area contributed by atoms with Gasteiger partial charge in [-0.05, 0) is 25.5 Å². The van der Waals surface area contributed by atoms with Crippen LogP contribution in [0.5, 0.6) is 0 Å². The number of rotatable bonds is 4. The summed E-state index contributed by atoms with van der Waals surface area (Å²) in [5, 5.41) is 3.08. The number of urea groups is 1. The maximum absolute atomic E-state index is 12.2. The van der Waals surface area contributed by atoms with Gasteiger partial charge in [-0.25, -0.2) is 4.79 Å². The molecule has 0 spiro atoms. The second kappa shape index (κ2) is 7.29. The van der Waals surface area contributed by atoms with Crippen LogP contribution in [-0.4, -0.2) is 48.6 Å². The molecule has 1 aliphatic rings. The lowest BCUT2D eigenvalue weighted by Gasteiger charge is -2.35. The van der Waals surface area contributed by atoms with E-state index >= 15 is 0 Å². The molecule has 2 rings (SSSR count). The summed E-state index contributed by atoms with van der Waals surface area (Å²) in [6, 6.07) is 10.2. The fraction of sp³-hybridized carbons (Fsp3) is 0.562. The van der Waals surface area contributed by atoms with Crippen molar-refractivity contribution in [3.63, 3.8) is 0 Å². The van der Waals surface area contributed by atoms with Crippen molar-refractivity contribution in [3.05, 3.63) is 35.9 Å². The van der Waals surface area contributed by atoms with Gasteiger partial charge >= 0.3 is 6.03 Å². The van der Waals surface area contributed by atoms with Crippen LogP contribution in [0.15, 0.2) is 30.3 Å². The van der Waals surface area contributed by atoms with Crippen LogP contribution in [0.25, 0.3) is 0 Å². The van der Waals surface area contributed by atoms with Crippen molar-refractivity contribution in [3.8, 4) is 0 Å². The zero-order valence-corrected chi connectivity index (χ0v) is 12.5. The number of hydrogen-bond acceptors (Lipinski definition) is 2. The Bertz CT molecular complexity index is 413. The summed E-state index contributed by atoms with van der Waals surface area (Å²) >= 11 is 0. The van der Waals surface area contributed by atoms with Crippen LogP contribution in [0.2, 0.25) is 0 Å². The first-order valence-electron chi connectivity index (χ1n) is 7.53. The third-order valence-electron chi connectivity index (χ3n) is 3.84. The molecule has 1 heterocycles. The highest BCUT2D eigenvalue weighted by Gasteiger charge is 2.21. The second-order valence-corrected chi connectivity index (χ2v) is 5.41. The Hall–Kier alpha value is -1.55. The minimum Gasteiger partial charge on any atom is -0.331 e. The molecule has 0 aliphatic carbocycles. The predicted octanol–water partition coefficient (Wildman–Crippen LogP) is 2.48. The number of hydrogen-bond donors (Lipinski definition) is 1. The van der Waals surface area contributed by atoms with E-state index in [0.29, 0.717) is 0 Å². The molecule has 110 valence electrons. The lowest BCUT2D eigenvalue weighted by atomic mass is 10.1. The molecular formula is C16H25N3O. The van der Waals surface area contributed by atoms with Gasteiger partial charge in [-0.15, -0.1) is 0 Å². The van der Waals surface area contributed by atoms with Crippen molar-refractivity contribution in [1.29, 1.82) is 0 Å². The van der Waals surface area contributed by atoms with E-state index in [4.69, 9.17) is 0 Å². The Morgan fingerprint density at radius 3 is 2.45 bits per heavy atom. The van der Waals surface area contributed by atoms with Crippen molar-refractivity contribution >= 4 is 6.03 Å². The molecule has 0 bridgehead atoms. The minimum atomic E-state index is 0.0531. The Balaban J connectivity index is 1.81. The van der Waals surface area contributed by atoms with Crippen LogP contribution in [0.4, 0.5) is 4.79 Å². The molecule has 1 saturated heterocycles. The monoisotopic (exact) mass is 275 g/mol. The van der Waals surface area contributed by atoms with Gasteiger partial charge in [0, 0.05) is 26.2 Å². The SMILES string of the molecule is CCCN1CCN(C(=O)NC(C)c2ccccc2)CC1. The van der Waals surface area contributed by atoms with E-state index < -0.39 is 0 Å². The Morgan fingerprint density at radius 1 is 1.20 bits per heavy atom. The molecule has 1 fully saturated rings. The van der Waals surface area contributed by atoms with Crippen molar-refractivity contribution in [1.82, 2.24) is 15.1 Å². The van der Waals surface area contributed by atoms with E-state index in [1.165, 1.54) is 6.42 Å². The van der Waals surface area contributed by atoms with Crippen LogP contribution in [-0.2, 0) is 0 Å². The molecule has 0 saturated carbocycles. The number of nitrogens with one attached hydrogen (secondary N) is 1. The van der Waals surface area contributed by atoms with Crippen molar-refractivity contribution in [2.24, 2.45) is 0 Å². The van der Waals surface area contributed by atoms with E-state index in [2.05, 4.69) is 17.1 Å². The average molecular weight is 275 g/mol. The van der Waals surface area contributed by atoms with Crippen LogP contribution in [0, 0.1) is 0 Å². The molecule has 2 amide bonds. The number of benzene rings is 1. The van der Waals surface area contributed by atoms with Gasteiger partial charge < -0.3 is 10.2 Å². The molecule has 20 heavy (non-hydrogen) atoms. The van der Waals surface area contributed by atoms with Gasteiger partial charge in [0.2, 0.25) is 0 Å². The van der Waals surface area contributed by atoms with Crippen LogP contribution >= 0.6 is 0 Å². The number of carbonyl (C=O) groups excluding carboxylic acids is 1. The van der Waals surface area contributed by atoms with E-state index in [1.54, 1.807) is 0 Å². The quantitative estimate of drug-likeness (QED) is 0.916. The van der Waals surface area contributed by atoms with Crippen molar-refractivity contribution in [2.45, 2.75) is 26.3 Å². The van der Waals surface area contributed by atoms with Crippen LogP contribution < -0.4 is 5.32 Å². The number of amides is 2. The smallest absolute Gasteiger partial charge is 0.317 e. The zero-order valence-electron chi connectivity index (χ0n) is 12.5. The molecule has 1 aromatic rings. The molecule has 1 atom stereocenters. The summed E-state index contributed by atoms with van der Waals surface area (Å²) < 4.78 is 0. The van der Waals surface area contributed by atoms with E-state index in [9.17, 15) is 4.79 Å². The van der Waals surface area contributed by atoms with E-state index in [1.807, 2.05) is 42.2 Å². The van der Waals surface area contributed by atoms with Gasteiger partial charge in [0.05, 0.1) is 6.04 Å². The van der Waals surface area contributed by atoms with Gasteiger partial charge in [-0.3, -0.25) is 4.90 Å². The average Bonchev–Trinajstić information content (AvgIpc) is 2.49. The first-order valence-corrected chi connectivity index (χ1v) is 7.53. The molecule has 0 radical (unpaired) electrons. The lowest BCUT2D eigenvalue weighted by molar-refractivity contribution is 0.137. The standard InChI is InChI=1S/C16H25N3O/c1-3-9-18-10-12-19(13-11-18)16(20)17-14(2)15-7-5-4-6-8-15/h4-8,14H,3,9-13H2,1-2H3,(H,17,20). The van der Waals surface area contributed by atoms with Gasteiger partial charge in [-0.2, -0.15) is 0 Å². The Labute approximate surface area is 121 Å². The van der Waals surface area contributed by atoms with E-state index in [0.717, 1.165) is 38.3 Å². The van der Waals surface area contributed by atoms with Crippen LogP contribution in [0.1, 0.15) is 31.9 Å². The molecule has 0 aromatic heterocycles. The van der Waals surface area contributed by atoms with Gasteiger partial charge in [0.15, 0.2) is 0 Å². The fourth-order valence-corrected chi connectivity index (χ4v) is 2.59. The fourth-order valence-electron chi connectivity index (χ4n) is 2.59. The molecule has 1 aliphatic heterocycles. The molecule has 1 unspecified atom stereocenters. The predicted molar refractivity (Wildman–Crippen MR) is 81.7 cm³/mol. The first-order chi connectivity index (χ1) is 9.70. The highest BCUT2D eigenvalue weighted by atomic mass is 16.2. The highest BCUT2D eigenvalue weighted by Crippen LogP contribution is 2.12. The lowest BCUT2D eigenvalue weighted by Crippen LogP contribution is -2.52. The summed E-state index contributed by atoms with van der Waals surface area (Å²) in [6.45, 7) is 8.99. The highest BCUT2D eigenvalue weighted by molar-refractivity contribution is 5.74. The summed E-state index contributed by atoms with van der Waals surface area (Å²) in [7, 11) is 0. The first kappa shape index (κ1) is 14.9. The number of carbonyl (C=O) groups is 1. The van der Waals surface area contributed by atoms with Crippen molar-refractivity contribution < 1.29 is 4.79 Å². The van der Waals surface area contributed by atoms with Crippen LogP contribution in [0.3, 0.4) is 0 Å². The molecule has 4 nitrogen and oxygen atoms in total. The largest absolute Gasteiger partial charge is 0.331 e. The minimum absolute atomic E-state index is 0.0531. The third kappa shape index (κ3) is 3.97. The Kier molecular flexibility index (Phi) is 5.41. The van der Waals surface area contributed by atoms with Gasteiger partial charge in [0.1, 0.15) is 0 Å². The summed E-state index contributed by atoms with van der Waals surface area (Å²) in [5.74, 6) is 0. The Morgan fingerprint density at radius 2 is 1.85 bits per heavy atom. The van der Waals surface area contributed by atoms with Crippen molar-refractivity contribution in [2.75, 3.05) is 32.7 Å². The normalized spacial score (nSPS) is 17.8.